The molecule has 0 spiro atoms. The van der Waals surface area contributed by atoms with Gasteiger partial charge >= 0.3 is 110 Å². The van der Waals surface area contributed by atoms with Crippen molar-refractivity contribution in [3.63, 3.8) is 0 Å². The number of rotatable bonds is 18. The molecule has 9 aromatic rings. The summed E-state index contributed by atoms with van der Waals surface area (Å²) in [6, 6.07) is 6.89. The van der Waals surface area contributed by atoms with Gasteiger partial charge in [0.1, 0.15) is 17.2 Å². The van der Waals surface area contributed by atoms with Crippen LogP contribution in [0.3, 0.4) is 0 Å². The van der Waals surface area contributed by atoms with E-state index in [1.165, 1.54) is 6.20 Å². The molecule has 2 bridgehead atoms. The first-order chi connectivity index (χ1) is 67.4. The van der Waals surface area contributed by atoms with E-state index in [2.05, 4.69) is 147 Å². The fourth-order valence-corrected chi connectivity index (χ4v) is 16.4. The molecule has 1 aliphatic carbocycles. The second-order valence-electron chi connectivity index (χ2n) is 31.9. The fourth-order valence-electron chi connectivity index (χ4n) is 16.0. The summed E-state index contributed by atoms with van der Waals surface area (Å²) in [5.74, 6) is 5.29. The summed E-state index contributed by atoms with van der Waals surface area (Å²) in [4.78, 5) is 138. The Bertz CT molecular complexity index is 6320. The van der Waals surface area contributed by atoms with Gasteiger partial charge in [0.2, 0.25) is 5.88 Å². The molecule has 144 heavy (non-hydrogen) atoms. The third kappa shape index (κ3) is 31.3. The molecule has 9 aliphatic heterocycles. The zero-order valence-corrected chi connectivity index (χ0v) is 91.9. The number of aromatic nitrogens is 9. The van der Waals surface area contributed by atoms with Crippen molar-refractivity contribution in [3.8, 4) is 46.1 Å². The van der Waals surface area contributed by atoms with Crippen LogP contribution in [0.25, 0.3) is 17.1 Å². The van der Waals surface area contributed by atoms with Crippen LogP contribution in [-0.4, -0.2) is 206 Å². The van der Waals surface area contributed by atoms with Crippen molar-refractivity contribution in [1.29, 1.82) is 0 Å². The number of amides is 7. The zero-order valence-electron chi connectivity index (χ0n) is 81.8. The Kier molecular flexibility index (Phi) is 48.8. The summed E-state index contributed by atoms with van der Waals surface area (Å²) < 4.78 is 114. The third-order valence-corrected chi connectivity index (χ3v) is 23.9. The van der Waals surface area contributed by atoms with E-state index in [9.17, 15) is 70.7 Å². The van der Waals surface area contributed by atoms with Crippen LogP contribution in [0.4, 0.5) is 58.1 Å². The Balaban J connectivity index is 0.000000303. The summed E-state index contributed by atoms with van der Waals surface area (Å²) in [6.07, 6.45) is 11.6. The normalized spacial score (nSPS) is 15.9. The monoisotopic (exact) mass is 2270 g/mol. The molecule has 3 radical (unpaired) electrons. The van der Waals surface area contributed by atoms with Crippen molar-refractivity contribution >= 4 is 171 Å². The van der Waals surface area contributed by atoms with Crippen LogP contribution in [0.15, 0.2) is 54.1 Å². The SMILES string of the molecule is BrBr.C=C[B-](F)(F)F.C=Cc1c(CO)nc2c(c1C)OCC(=O)N2.CCc1c(C=O)nc2c(c1C)OCC(=O)N2.CCc1c(CNC23CCC(CCc4c(F)cnc5ccc(OC)nc45)(CC2)OC3)nc2c(c1C)OCC(=O)N2.CCc1c(CO)nc2c(c1C)OCC(=O)N2.Cc1c(Br)c(CO)nc2c1OCC(=O)N2.Cc1cc(C=O)nc2c1OCC(=O)N2.Cc1cc(CO)nc2c1OCC(=O)N2.[B].[H-].[K+].[Na+].[O]=[Mn]=[O]. The van der Waals surface area contributed by atoms with Crippen LogP contribution in [0.1, 0.15) is 171 Å². The van der Waals surface area contributed by atoms with E-state index in [4.69, 9.17) is 65.5 Å². The summed E-state index contributed by atoms with van der Waals surface area (Å²) in [6.45, 7) is 21.2. The van der Waals surface area contributed by atoms with Crippen molar-refractivity contribution in [2.45, 2.75) is 171 Å². The topological polar surface area (TPSA) is 564 Å². The Morgan fingerprint density at radius 1 is 0.528 bits per heavy atom. The molecule has 41 nitrogen and oxygen atoms in total. The van der Waals surface area contributed by atoms with Crippen LogP contribution in [-0.2, 0) is 119 Å². The van der Waals surface area contributed by atoms with Gasteiger partial charge in [-0.1, -0.05) is 33.4 Å². The van der Waals surface area contributed by atoms with Crippen molar-refractivity contribution in [3.05, 3.63) is 167 Å². The van der Waals surface area contributed by atoms with Crippen molar-refractivity contribution < 1.29 is 228 Å². The summed E-state index contributed by atoms with van der Waals surface area (Å²) in [5, 5.41) is 58.6. The molecule has 10 aliphatic rings. The standard InChI is InChI=1S/C29H34FN5O4.C11H14N2O3.2C11H12N2O3.C9H9BrN2O3.C9H10N2O3.C9H8N2O3.C2H3BF3.B.Br2.K.Mn.Na.2O.H/c1-4-18-17(2)26-27(34-23(36)15-38-26)33-22(18)14-32-28-9-11-29(12-10-28,39-16-28)8-7-19-20(30)13-31-21-5-6-24(37-3)35-25(19)21;3*1-3-7-6(2)10-11(12-8(7)4-14)13-9(15)5-16-10;1-4-7(10)5(2-13)11-9-8(4)15-3-6(14)12-9;2*1-5-2-6(3-12)10-9-8(5)14-4-7(13)11-9;1-2-3(4,5)6;;1-2;;;;;;/h5-6,13,32H,4,7-12,14-16H2,1-3H3,(H,33,34,36);14H,3-5H2,1-2H3,(H,12,13,15);4H,3,5H2,1-2H3,(H,12,13,15);3,14H,1,4-5H2,2H3,(H,12,13,15);13H,2-3H2,1H3,(H,11,12,14);2,12H,3-4H2,1H3,(H,10,11,13);2-3H,4H2,1H3,(H,10,11,13);2H,1H2;;;;;;;;/q;;;;;;;-1;;;+1;;+1;;;-1. The first-order valence-electron chi connectivity index (χ1n) is 43.4. The number of nitrogens with zero attached hydrogens (tertiary/aromatic N) is 9. The van der Waals surface area contributed by atoms with E-state index >= 15 is 0 Å². The van der Waals surface area contributed by atoms with Crippen molar-refractivity contribution in [2.75, 3.05) is 97.2 Å². The number of methoxy groups -OCH3 is 1. The number of hydrogen-bond acceptors (Lipinski definition) is 34. The second kappa shape index (κ2) is 57.3. The van der Waals surface area contributed by atoms with Gasteiger partial charge in [-0.2, -0.15) is 5.98 Å². The predicted molar refractivity (Wildman–Crippen MR) is 519 cm³/mol. The van der Waals surface area contributed by atoms with Crippen molar-refractivity contribution in [1.82, 2.24) is 50.2 Å². The van der Waals surface area contributed by atoms with Gasteiger partial charge in [-0.05, 0) is 174 Å². The van der Waals surface area contributed by atoms with Gasteiger partial charge in [-0.25, -0.2) is 44.3 Å². The molecule has 19 rings (SSSR count). The van der Waals surface area contributed by atoms with Gasteiger partial charge in [0.15, 0.2) is 140 Å². The van der Waals surface area contributed by atoms with Gasteiger partial charge < -0.3 is 120 Å². The van der Waals surface area contributed by atoms with Crippen molar-refractivity contribution in [2.24, 2.45) is 0 Å². The van der Waals surface area contributed by atoms with E-state index < -0.39 is 21.8 Å². The predicted octanol–water partition coefficient (Wildman–Crippen LogP) is 5.38. The maximum atomic E-state index is 14.9. The average Bonchev–Trinajstić information content (AvgIpc) is 0.749. The number of hydrogen-bond donors (Lipinski definition) is 12. The van der Waals surface area contributed by atoms with Crippen LogP contribution in [0, 0.1) is 54.3 Å². The molecule has 760 valence electrons. The number of ether oxygens (including phenoxy) is 9. The summed E-state index contributed by atoms with van der Waals surface area (Å²) in [7, 11) is 1.55. The number of pyridine rings is 9. The van der Waals surface area contributed by atoms with Gasteiger partial charge in [0.25, 0.3) is 41.4 Å². The van der Waals surface area contributed by atoms with Crippen LogP contribution in [0.5, 0.6) is 46.1 Å². The molecule has 18 heterocycles. The van der Waals surface area contributed by atoms with E-state index in [0.717, 1.165) is 112 Å². The minimum atomic E-state index is -4.72. The molecule has 53 heteroatoms. The van der Waals surface area contributed by atoms with E-state index in [1.54, 1.807) is 38.3 Å². The number of aliphatic hydroxyl groups excluding tert-OH is 4. The van der Waals surface area contributed by atoms with Gasteiger partial charge in [0, 0.05) is 92.7 Å². The number of nitrogens with one attached hydrogen (secondary N) is 8. The number of aldehydes is 2. The van der Waals surface area contributed by atoms with Gasteiger partial charge in [-0.15, -0.1) is 6.58 Å². The Morgan fingerprint density at radius 2 is 0.917 bits per heavy atom. The second-order valence-corrected chi connectivity index (χ2v) is 32.9. The Hall–Kier alpha value is -10.1. The van der Waals surface area contributed by atoms with E-state index in [-0.39, 0.29) is 233 Å². The summed E-state index contributed by atoms with van der Waals surface area (Å²) in [5.41, 5.74) is 14.9. The Labute approximate surface area is 921 Å². The number of fused-ring (bicyclic) bond motifs is 11. The molecule has 0 unspecified atom stereocenters. The third-order valence-electron chi connectivity index (χ3n) is 22.8. The van der Waals surface area contributed by atoms with Crippen LogP contribution >= 0.6 is 44.2 Å². The minimum absolute atomic E-state index is 0. The molecule has 0 aromatic carbocycles. The zero-order chi connectivity index (χ0) is 103. The van der Waals surface area contributed by atoms with Gasteiger partial charge in [0.05, 0.1) is 91.4 Å². The number of anilines is 7. The molecule has 1 saturated carbocycles. The molecular formula is C91H103B2Br3F4KMnN17NaO24. The average molecular weight is 2270 g/mol. The molecule has 9 aromatic heterocycles. The Morgan fingerprint density at radius 3 is 1.32 bits per heavy atom. The molecule has 2 saturated heterocycles. The fraction of sp³-hybridized carbons (Fsp3) is 0.385. The number of carbonyl (C=O) groups is 9. The molecular weight excluding hydrogens is 2170 g/mol. The molecule has 0 atom stereocenters. The van der Waals surface area contributed by atoms with E-state index in [0.29, 0.717) is 175 Å². The molecule has 7 amide bonds. The van der Waals surface area contributed by atoms with E-state index in [1.807, 2.05) is 61.5 Å². The number of halogens is 7. The first-order valence-corrected chi connectivity index (χ1v) is 48.9. The first kappa shape index (κ1) is 123. The van der Waals surface area contributed by atoms with Crippen LogP contribution < -0.4 is 161 Å². The number of carbonyl (C=O) groups excluding carboxylic acids is 9. The molecule has 12 N–H and O–H groups in total. The van der Waals surface area contributed by atoms with Crippen LogP contribution in [0.2, 0.25) is 0 Å². The van der Waals surface area contributed by atoms with Gasteiger partial charge in [-0.3, -0.25) is 48.1 Å². The summed E-state index contributed by atoms with van der Waals surface area (Å²) >= 11 is 7.38. The number of aliphatic hydroxyl groups is 4. The molecule has 3 fully saturated rings. The number of aryl methyl sites for hydroxylation is 3. The quantitative estimate of drug-likeness (QED) is 0.0291. The maximum absolute atomic E-state index is 14.9.